The van der Waals surface area contributed by atoms with Crippen molar-refractivity contribution >= 4 is 5.97 Å². The Hall–Kier alpha value is -2.01. The van der Waals surface area contributed by atoms with Gasteiger partial charge in [-0.05, 0) is 12.1 Å². The maximum atomic E-state index is 11.5. The van der Waals surface area contributed by atoms with Gasteiger partial charge in [-0.1, -0.05) is 6.58 Å². The third-order valence-corrected chi connectivity index (χ3v) is 2.08. The molecule has 0 spiro atoms. The van der Waals surface area contributed by atoms with E-state index >= 15 is 0 Å². The van der Waals surface area contributed by atoms with Crippen molar-refractivity contribution in [2.45, 2.75) is 0 Å². The molecule has 0 amide bonds. The van der Waals surface area contributed by atoms with Crippen LogP contribution in [0, 0.1) is 0 Å². The monoisotopic (exact) mass is 252 g/mol. The van der Waals surface area contributed by atoms with Crippen molar-refractivity contribution in [2.24, 2.45) is 0 Å². The fourth-order valence-electron chi connectivity index (χ4n) is 1.30. The molecule has 18 heavy (non-hydrogen) atoms. The van der Waals surface area contributed by atoms with Gasteiger partial charge in [0.1, 0.15) is 18.1 Å². The smallest absolute Gasteiger partial charge is 0.338 e. The Morgan fingerprint density at radius 1 is 1.22 bits per heavy atom. The number of ether oxygens (including phenoxy) is 4. The minimum Gasteiger partial charge on any atom is -0.491 e. The molecule has 0 atom stereocenters. The van der Waals surface area contributed by atoms with Gasteiger partial charge in [-0.3, -0.25) is 0 Å². The van der Waals surface area contributed by atoms with Crippen molar-refractivity contribution in [1.29, 1.82) is 0 Å². The van der Waals surface area contributed by atoms with E-state index in [1.54, 1.807) is 25.3 Å². The predicted octanol–water partition coefficient (Wildman–Crippen LogP) is 2.02. The molecule has 1 aromatic carbocycles. The molecule has 0 saturated carbocycles. The lowest BCUT2D eigenvalue weighted by Gasteiger charge is -2.09. The van der Waals surface area contributed by atoms with Crippen LogP contribution in [0.3, 0.4) is 0 Å². The lowest BCUT2D eigenvalue weighted by Crippen LogP contribution is -2.06. The summed E-state index contributed by atoms with van der Waals surface area (Å²) >= 11 is 0. The van der Waals surface area contributed by atoms with Crippen LogP contribution in [0.25, 0.3) is 0 Å². The molecule has 1 aromatic rings. The van der Waals surface area contributed by atoms with Gasteiger partial charge >= 0.3 is 5.97 Å². The van der Waals surface area contributed by atoms with E-state index in [0.29, 0.717) is 30.3 Å². The van der Waals surface area contributed by atoms with Gasteiger partial charge in [0.2, 0.25) is 0 Å². The second-order valence-corrected chi connectivity index (χ2v) is 3.31. The predicted molar refractivity (Wildman–Crippen MR) is 66.0 cm³/mol. The van der Waals surface area contributed by atoms with Gasteiger partial charge in [-0.15, -0.1) is 0 Å². The van der Waals surface area contributed by atoms with Crippen molar-refractivity contribution < 1.29 is 23.7 Å². The summed E-state index contributed by atoms with van der Waals surface area (Å²) in [5.74, 6) is 0.508. The standard InChI is InChI=1S/C13H16O5/c1-4-17-11-7-10(13(14)16-3)8-12(9-11)18-6-5-15-2/h4,7-9H,1,5-6H2,2-3H3. The molecule has 1 rings (SSSR count). The summed E-state index contributed by atoms with van der Waals surface area (Å²) in [6.07, 6.45) is 1.27. The quantitative estimate of drug-likeness (QED) is 0.422. The number of hydrogen-bond donors (Lipinski definition) is 0. The summed E-state index contributed by atoms with van der Waals surface area (Å²) < 4.78 is 20.1. The average Bonchev–Trinajstić information content (AvgIpc) is 2.38. The van der Waals surface area contributed by atoms with E-state index in [-0.39, 0.29) is 0 Å². The lowest BCUT2D eigenvalue weighted by atomic mass is 10.2. The minimum absolute atomic E-state index is 0.351. The van der Waals surface area contributed by atoms with Crippen molar-refractivity contribution in [1.82, 2.24) is 0 Å². The first-order valence-corrected chi connectivity index (χ1v) is 5.34. The Balaban J connectivity index is 2.90. The van der Waals surface area contributed by atoms with Crippen LogP contribution < -0.4 is 9.47 Å². The second kappa shape index (κ2) is 7.34. The number of benzene rings is 1. The SMILES string of the molecule is C=COc1cc(OCCOC)cc(C(=O)OC)c1. The summed E-state index contributed by atoms with van der Waals surface area (Å²) in [4.78, 5) is 11.5. The first-order valence-electron chi connectivity index (χ1n) is 5.34. The fraction of sp³-hybridized carbons (Fsp3) is 0.308. The first kappa shape index (κ1) is 14.1. The number of carbonyl (C=O) groups is 1. The van der Waals surface area contributed by atoms with E-state index in [2.05, 4.69) is 11.3 Å². The lowest BCUT2D eigenvalue weighted by molar-refractivity contribution is 0.0599. The van der Waals surface area contributed by atoms with Crippen LogP contribution in [-0.2, 0) is 9.47 Å². The van der Waals surface area contributed by atoms with Crippen molar-refractivity contribution in [3.63, 3.8) is 0 Å². The zero-order valence-corrected chi connectivity index (χ0v) is 10.5. The zero-order valence-electron chi connectivity index (χ0n) is 10.5. The van der Waals surface area contributed by atoms with Crippen LogP contribution >= 0.6 is 0 Å². The van der Waals surface area contributed by atoms with E-state index in [1.807, 2.05) is 0 Å². The molecule has 98 valence electrons. The van der Waals surface area contributed by atoms with E-state index in [0.717, 1.165) is 0 Å². The topological polar surface area (TPSA) is 54.0 Å². The van der Waals surface area contributed by atoms with Gasteiger partial charge in [0.05, 0.1) is 25.5 Å². The number of methoxy groups -OCH3 is 2. The van der Waals surface area contributed by atoms with E-state index < -0.39 is 5.97 Å². The molecule has 0 aromatic heterocycles. The molecule has 0 aliphatic rings. The van der Waals surface area contributed by atoms with Gasteiger partial charge in [0.15, 0.2) is 0 Å². The van der Waals surface area contributed by atoms with Crippen LogP contribution in [0.2, 0.25) is 0 Å². The first-order chi connectivity index (χ1) is 8.71. The average molecular weight is 252 g/mol. The second-order valence-electron chi connectivity index (χ2n) is 3.31. The summed E-state index contributed by atoms with van der Waals surface area (Å²) in [5, 5.41) is 0. The Bertz CT molecular complexity index is 414. The van der Waals surface area contributed by atoms with E-state index in [4.69, 9.17) is 14.2 Å². The van der Waals surface area contributed by atoms with E-state index in [9.17, 15) is 4.79 Å². The van der Waals surface area contributed by atoms with Crippen LogP contribution in [-0.4, -0.2) is 33.4 Å². The summed E-state index contributed by atoms with van der Waals surface area (Å²) in [6, 6.07) is 4.79. The molecule has 0 heterocycles. The molecule has 5 heteroatoms. The van der Waals surface area contributed by atoms with Gasteiger partial charge < -0.3 is 18.9 Å². The molecule has 0 aliphatic carbocycles. The van der Waals surface area contributed by atoms with Gasteiger partial charge in [0.25, 0.3) is 0 Å². The molecular formula is C13H16O5. The largest absolute Gasteiger partial charge is 0.491 e. The maximum absolute atomic E-state index is 11.5. The van der Waals surface area contributed by atoms with Gasteiger partial charge in [0, 0.05) is 13.2 Å². The Kier molecular flexibility index (Phi) is 5.73. The molecule has 0 unspecified atom stereocenters. The molecule has 5 nitrogen and oxygen atoms in total. The van der Waals surface area contributed by atoms with Gasteiger partial charge in [-0.25, -0.2) is 4.79 Å². The molecular weight excluding hydrogens is 236 g/mol. The van der Waals surface area contributed by atoms with Crippen LogP contribution in [0.1, 0.15) is 10.4 Å². The van der Waals surface area contributed by atoms with Crippen LogP contribution in [0.4, 0.5) is 0 Å². The molecule has 0 aliphatic heterocycles. The number of esters is 1. The molecule has 0 fully saturated rings. The number of hydrogen-bond acceptors (Lipinski definition) is 5. The highest BCUT2D eigenvalue weighted by atomic mass is 16.5. The Morgan fingerprint density at radius 3 is 2.56 bits per heavy atom. The van der Waals surface area contributed by atoms with Crippen LogP contribution in [0.15, 0.2) is 31.0 Å². The molecule has 0 saturated heterocycles. The summed E-state index contributed by atoms with van der Waals surface area (Å²) in [6.45, 7) is 4.30. The van der Waals surface area contributed by atoms with Gasteiger partial charge in [-0.2, -0.15) is 0 Å². The summed E-state index contributed by atoms with van der Waals surface area (Å²) in [5.41, 5.74) is 0.351. The van der Waals surface area contributed by atoms with Crippen LogP contribution in [0.5, 0.6) is 11.5 Å². The normalized spacial score (nSPS) is 9.67. The third kappa shape index (κ3) is 4.10. The number of rotatable bonds is 7. The van der Waals surface area contributed by atoms with Crippen molar-refractivity contribution in [3.8, 4) is 11.5 Å². The number of carbonyl (C=O) groups excluding carboxylic acids is 1. The highest BCUT2D eigenvalue weighted by Gasteiger charge is 2.10. The van der Waals surface area contributed by atoms with Crippen molar-refractivity contribution in [2.75, 3.05) is 27.4 Å². The molecule has 0 bridgehead atoms. The highest BCUT2D eigenvalue weighted by molar-refractivity contribution is 5.90. The fourth-order valence-corrected chi connectivity index (χ4v) is 1.30. The zero-order chi connectivity index (χ0) is 13.4. The van der Waals surface area contributed by atoms with Crippen molar-refractivity contribution in [3.05, 3.63) is 36.6 Å². The minimum atomic E-state index is -0.457. The Morgan fingerprint density at radius 2 is 1.94 bits per heavy atom. The maximum Gasteiger partial charge on any atom is 0.338 e. The highest BCUT2D eigenvalue weighted by Crippen LogP contribution is 2.23. The molecule has 0 radical (unpaired) electrons. The van der Waals surface area contributed by atoms with E-state index in [1.165, 1.54) is 13.4 Å². The molecule has 0 N–H and O–H groups in total. The summed E-state index contributed by atoms with van der Waals surface area (Å²) in [7, 11) is 2.90. The Labute approximate surface area is 106 Å². The third-order valence-electron chi connectivity index (χ3n) is 2.08.